The van der Waals surface area contributed by atoms with E-state index < -0.39 is 5.91 Å². The summed E-state index contributed by atoms with van der Waals surface area (Å²) < 4.78 is 2.77. The molecule has 2 heterocycles. The molecule has 22 heavy (non-hydrogen) atoms. The maximum absolute atomic E-state index is 12.1. The molecule has 0 aliphatic carbocycles. The third-order valence-corrected chi connectivity index (χ3v) is 3.46. The number of nitrogen functional groups attached to an aromatic ring is 1. The average Bonchev–Trinajstić information content (AvgIpc) is 3.02. The first-order chi connectivity index (χ1) is 10.6. The topological polar surface area (TPSA) is 151 Å². The number of nitrogens with two attached hydrogens (primary N) is 1. The maximum Gasteiger partial charge on any atom is 0.245 e. The smallest absolute Gasteiger partial charge is 0.245 e. The van der Waals surface area contributed by atoms with Crippen molar-refractivity contribution in [3.8, 4) is 12.1 Å². The number of nitrogens with one attached hydrogen (secondary N) is 1. The summed E-state index contributed by atoms with van der Waals surface area (Å²) in [5, 5.41) is 31.9. The van der Waals surface area contributed by atoms with E-state index in [1.165, 1.54) is 15.4 Å². The van der Waals surface area contributed by atoms with Crippen molar-refractivity contribution in [1.82, 2.24) is 24.5 Å². The first-order valence-electron chi connectivity index (χ1n) is 5.97. The van der Waals surface area contributed by atoms with E-state index in [0.29, 0.717) is 11.0 Å². The number of aryl methyl sites for hydroxylation is 1. The average molecular weight is 317 g/mol. The lowest BCUT2D eigenvalue weighted by molar-refractivity contribution is -0.116. The molecule has 0 atom stereocenters. The van der Waals surface area contributed by atoms with Crippen molar-refractivity contribution in [1.29, 1.82) is 10.5 Å². The molecule has 11 heteroatoms. The first-order valence-corrected chi connectivity index (χ1v) is 6.95. The summed E-state index contributed by atoms with van der Waals surface area (Å²) in [5.41, 5.74) is 5.92. The third kappa shape index (κ3) is 3.16. The van der Waals surface area contributed by atoms with Gasteiger partial charge in [0.2, 0.25) is 11.9 Å². The number of nitrogens with zero attached hydrogens (tertiary/aromatic N) is 7. The fourth-order valence-electron chi connectivity index (χ4n) is 1.63. The monoisotopic (exact) mass is 317 g/mol. The highest BCUT2D eigenvalue weighted by molar-refractivity contribution is 7.99. The van der Waals surface area contributed by atoms with Crippen LogP contribution in [0.25, 0.3) is 0 Å². The fraction of sp³-hybridized carbons (Fsp3) is 0.273. The van der Waals surface area contributed by atoms with Gasteiger partial charge in [-0.2, -0.15) is 15.6 Å². The van der Waals surface area contributed by atoms with Crippen molar-refractivity contribution >= 4 is 29.4 Å². The van der Waals surface area contributed by atoms with Gasteiger partial charge in [-0.05, 0) is 0 Å². The van der Waals surface area contributed by atoms with Crippen LogP contribution in [0.15, 0.2) is 11.4 Å². The number of carbonyl (C=O) groups is 1. The standard InChI is InChI=1S/C11H11N9OS/c1-19-9(7(4-13)5-15-19)16-8(21)6-20-10(14)17-18-11(20)22-3-2-12/h5H,3,6H2,1H3,(H2,14,17)(H,16,21). The molecule has 0 unspecified atom stereocenters. The zero-order valence-electron chi connectivity index (χ0n) is 11.5. The van der Waals surface area contributed by atoms with E-state index in [9.17, 15) is 4.79 Å². The Kier molecular flexibility index (Phi) is 4.60. The normalized spacial score (nSPS) is 9.95. The second-order valence-electron chi connectivity index (χ2n) is 4.06. The zero-order chi connectivity index (χ0) is 16.1. The lowest BCUT2D eigenvalue weighted by atomic mass is 10.3. The van der Waals surface area contributed by atoms with Gasteiger partial charge in [-0.25, -0.2) is 0 Å². The number of nitriles is 2. The molecule has 0 fully saturated rings. The quantitative estimate of drug-likeness (QED) is 0.714. The van der Waals surface area contributed by atoms with Gasteiger partial charge in [0.25, 0.3) is 0 Å². The Hall–Kier alpha value is -3.05. The Morgan fingerprint density at radius 2 is 2.27 bits per heavy atom. The van der Waals surface area contributed by atoms with E-state index >= 15 is 0 Å². The zero-order valence-corrected chi connectivity index (χ0v) is 12.3. The molecular weight excluding hydrogens is 306 g/mol. The van der Waals surface area contributed by atoms with Gasteiger partial charge in [0.05, 0.1) is 18.0 Å². The Morgan fingerprint density at radius 3 is 2.95 bits per heavy atom. The van der Waals surface area contributed by atoms with Crippen LogP contribution in [-0.4, -0.2) is 36.2 Å². The third-order valence-electron chi connectivity index (χ3n) is 2.63. The van der Waals surface area contributed by atoms with Crippen LogP contribution in [0.2, 0.25) is 0 Å². The predicted molar refractivity (Wildman–Crippen MR) is 77.3 cm³/mol. The van der Waals surface area contributed by atoms with E-state index in [1.807, 2.05) is 12.1 Å². The van der Waals surface area contributed by atoms with Gasteiger partial charge in [-0.15, -0.1) is 10.2 Å². The molecule has 1 amide bonds. The SMILES string of the molecule is Cn1ncc(C#N)c1NC(=O)Cn1c(N)nnc1SCC#N. The van der Waals surface area contributed by atoms with Gasteiger partial charge in [0.1, 0.15) is 24.0 Å². The Morgan fingerprint density at radius 1 is 1.50 bits per heavy atom. The van der Waals surface area contributed by atoms with E-state index in [0.717, 1.165) is 11.8 Å². The molecule has 0 radical (unpaired) electrons. The van der Waals surface area contributed by atoms with Gasteiger partial charge in [-0.1, -0.05) is 11.8 Å². The summed E-state index contributed by atoms with van der Waals surface area (Å²) in [6.45, 7) is -0.136. The van der Waals surface area contributed by atoms with Crippen molar-refractivity contribution in [2.24, 2.45) is 7.05 Å². The minimum Gasteiger partial charge on any atom is -0.368 e. The predicted octanol–water partition coefficient (Wildman–Crippen LogP) is -0.280. The molecule has 2 rings (SSSR count). The summed E-state index contributed by atoms with van der Waals surface area (Å²) >= 11 is 1.13. The van der Waals surface area contributed by atoms with Gasteiger partial charge in [0.15, 0.2) is 5.16 Å². The van der Waals surface area contributed by atoms with Crippen molar-refractivity contribution in [3.05, 3.63) is 11.8 Å². The maximum atomic E-state index is 12.1. The Labute approximate surface area is 129 Å². The van der Waals surface area contributed by atoms with Crippen LogP contribution in [-0.2, 0) is 18.4 Å². The van der Waals surface area contributed by atoms with Gasteiger partial charge < -0.3 is 11.1 Å². The minimum absolute atomic E-state index is 0.0705. The van der Waals surface area contributed by atoms with E-state index in [1.54, 1.807) is 7.05 Å². The lowest BCUT2D eigenvalue weighted by Crippen LogP contribution is -2.22. The number of thioether (sulfide) groups is 1. The van der Waals surface area contributed by atoms with Gasteiger partial charge >= 0.3 is 0 Å². The minimum atomic E-state index is -0.412. The molecule has 3 N–H and O–H groups in total. The van der Waals surface area contributed by atoms with Crippen LogP contribution >= 0.6 is 11.8 Å². The lowest BCUT2D eigenvalue weighted by Gasteiger charge is -2.08. The van der Waals surface area contributed by atoms with Crippen LogP contribution in [0.5, 0.6) is 0 Å². The Bertz CT molecular complexity index is 779. The van der Waals surface area contributed by atoms with Crippen LogP contribution in [0.3, 0.4) is 0 Å². The molecular formula is C11H11N9OS. The number of hydrogen-bond donors (Lipinski definition) is 2. The summed E-state index contributed by atoms with van der Waals surface area (Å²) in [5.74, 6) is 0.122. The number of amides is 1. The number of anilines is 2. The van der Waals surface area contributed by atoms with E-state index in [-0.39, 0.29) is 23.8 Å². The number of rotatable bonds is 5. The highest BCUT2D eigenvalue weighted by Crippen LogP contribution is 2.18. The van der Waals surface area contributed by atoms with Gasteiger partial charge in [-0.3, -0.25) is 14.0 Å². The van der Waals surface area contributed by atoms with E-state index in [4.69, 9.17) is 16.3 Å². The number of aromatic nitrogens is 5. The summed E-state index contributed by atoms with van der Waals surface area (Å²) in [7, 11) is 1.61. The highest BCUT2D eigenvalue weighted by atomic mass is 32.2. The molecule has 2 aromatic heterocycles. The molecule has 0 aliphatic rings. The number of carbonyl (C=O) groups excluding carboxylic acids is 1. The van der Waals surface area contributed by atoms with Gasteiger partial charge in [0, 0.05) is 7.05 Å². The molecule has 0 aromatic carbocycles. The fourth-order valence-corrected chi connectivity index (χ4v) is 2.24. The van der Waals surface area contributed by atoms with Crippen LogP contribution < -0.4 is 11.1 Å². The van der Waals surface area contributed by atoms with E-state index in [2.05, 4.69) is 20.6 Å². The van der Waals surface area contributed by atoms with Crippen molar-refractivity contribution in [2.75, 3.05) is 16.8 Å². The second kappa shape index (κ2) is 6.60. The molecule has 2 aromatic rings. The summed E-state index contributed by atoms with van der Waals surface area (Å²) in [6, 6.07) is 3.89. The van der Waals surface area contributed by atoms with Crippen molar-refractivity contribution in [2.45, 2.75) is 11.7 Å². The van der Waals surface area contributed by atoms with Crippen LogP contribution in [0.1, 0.15) is 5.56 Å². The molecule has 0 aliphatic heterocycles. The van der Waals surface area contributed by atoms with Crippen LogP contribution in [0.4, 0.5) is 11.8 Å². The molecule has 0 saturated heterocycles. The molecule has 10 nitrogen and oxygen atoms in total. The van der Waals surface area contributed by atoms with Crippen LogP contribution in [0, 0.1) is 22.7 Å². The second-order valence-corrected chi connectivity index (χ2v) is 5.01. The highest BCUT2D eigenvalue weighted by Gasteiger charge is 2.16. The summed E-state index contributed by atoms with van der Waals surface area (Å²) in [4.78, 5) is 12.1. The largest absolute Gasteiger partial charge is 0.368 e. The Balaban J connectivity index is 2.13. The molecule has 0 bridgehead atoms. The molecule has 0 spiro atoms. The molecule has 112 valence electrons. The summed E-state index contributed by atoms with van der Waals surface area (Å²) in [6.07, 6.45) is 1.36. The number of hydrogen-bond acceptors (Lipinski definition) is 8. The van der Waals surface area contributed by atoms with Crippen molar-refractivity contribution in [3.63, 3.8) is 0 Å². The molecule has 0 saturated carbocycles. The first kappa shape index (κ1) is 15.3. The van der Waals surface area contributed by atoms with Crippen molar-refractivity contribution < 1.29 is 4.79 Å².